The van der Waals surface area contributed by atoms with Gasteiger partial charge in [-0.3, -0.25) is 4.79 Å². The normalized spacial score (nSPS) is 25.8. The number of hydrogen-bond acceptors (Lipinski definition) is 5. The van der Waals surface area contributed by atoms with Crippen LogP contribution in [0.3, 0.4) is 0 Å². The molecule has 6 heteroatoms. The van der Waals surface area contributed by atoms with Crippen molar-refractivity contribution in [1.29, 1.82) is 0 Å². The topological polar surface area (TPSA) is 81.3 Å². The lowest BCUT2D eigenvalue weighted by molar-refractivity contribution is -0.148. The third-order valence-corrected chi connectivity index (χ3v) is 6.48. The average molecular weight is 378 g/mol. The van der Waals surface area contributed by atoms with Gasteiger partial charge >= 0.3 is 0 Å². The fourth-order valence-corrected chi connectivity index (χ4v) is 4.73. The third kappa shape index (κ3) is 3.01. The molecule has 0 unspecified atom stereocenters. The van der Waals surface area contributed by atoms with E-state index in [2.05, 4.69) is 4.98 Å². The molecule has 3 heterocycles. The van der Waals surface area contributed by atoms with E-state index in [4.69, 9.17) is 15.5 Å². The summed E-state index contributed by atoms with van der Waals surface area (Å²) < 4.78 is 6.32. The van der Waals surface area contributed by atoms with Crippen LogP contribution in [0.1, 0.15) is 36.9 Å². The fourth-order valence-electron chi connectivity index (χ4n) is 4.73. The zero-order valence-electron chi connectivity index (χ0n) is 16.0. The van der Waals surface area contributed by atoms with Crippen molar-refractivity contribution in [2.24, 2.45) is 11.7 Å². The molecule has 1 aliphatic carbocycles. The average Bonchev–Trinajstić information content (AvgIpc) is 2.72. The zero-order valence-corrected chi connectivity index (χ0v) is 16.0. The van der Waals surface area contributed by atoms with Crippen LogP contribution in [0.15, 0.2) is 36.5 Å². The number of hydrogen-bond donors (Lipinski definition) is 1. The summed E-state index contributed by atoms with van der Waals surface area (Å²) in [7, 11) is 0. The molecule has 3 aliphatic rings. The van der Waals surface area contributed by atoms with E-state index in [9.17, 15) is 4.79 Å². The molecule has 1 amide bonds. The molecule has 6 nitrogen and oxygen atoms in total. The Hall–Kier alpha value is -2.31. The van der Waals surface area contributed by atoms with Gasteiger partial charge in [0.15, 0.2) is 5.82 Å². The Morgan fingerprint density at radius 3 is 2.64 bits per heavy atom. The number of benzene rings is 1. The SMILES string of the molecule is NC1CC(C(=O)N2CCC3(CC2)OCCc2cnc(-c4ccccc4)nc23)C1. The molecule has 0 bridgehead atoms. The summed E-state index contributed by atoms with van der Waals surface area (Å²) in [5, 5.41) is 0. The van der Waals surface area contributed by atoms with Crippen LogP contribution in [-0.4, -0.2) is 46.5 Å². The summed E-state index contributed by atoms with van der Waals surface area (Å²) in [5.74, 6) is 1.13. The third-order valence-electron chi connectivity index (χ3n) is 6.48. The van der Waals surface area contributed by atoms with Crippen molar-refractivity contribution >= 4 is 5.91 Å². The summed E-state index contributed by atoms with van der Waals surface area (Å²) in [5.41, 5.74) is 8.67. The predicted molar refractivity (Wildman–Crippen MR) is 105 cm³/mol. The molecule has 1 aromatic heterocycles. The van der Waals surface area contributed by atoms with Gasteiger partial charge in [0.2, 0.25) is 5.91 Å². The van der Waals surface area contributed by atoms with Crippen LogP contribution in [0.4, 0.5) is 0 Å². The highest BCUT2D eigenvalue weighted by atomic mass is 16.5. The minimum Gasteiger partial charge on any atom is -0.368 e. The van der Waals surface area contributed by atoms with E-state index in [1.807, 2.05) is 41.4 Å². The Balaban J connectivity index is 1.38. The Bertz CT molecular complexity index is 871. The fraction of sp³-hybridized carbons (Fsp3) is 0.500. The number of nitrogens with two attached hydrogens (primary N) is 1. The van der Waals surface area contributed by atoms with E-state index >= 15 is 0 Å². The van der Waals surface area contributed by atoms with Crippen LogP contribution in [-0.2, 0) is 21.6 Å². The molecule has 1 saturated heterocycles. The van der Waals surface area contributed by atoms with Crippen molar-refractivity contribution < 1.29 is 9.53 Å². The maximum atomic E-state index is 12.7. The van der Waals surface area contributed by atoms with E-state index in [0.717, 1.165) is 49.2 Å². The highest BCUT2D eigenvalue weighted by Gasteiger charge is 2.45. The van der Waals surface area contributed by atoms with Gasteiger partial charge in [-0.2, -0.15) is 0 Å². The number of carbonyl (C=O) groups excluding carboxylic acids is 1. The molecule has 1 spiro atoms. The van der Waals surface area contributed by atoms with Crippen LogP contribution in [0.2, 0.25) is 0 Å². The second-order valence-corrected chi connectivity index (χ2v) is 8.28. The van der Waals surface area contributed by atoms with Crippen molar-refractivity contribution in [1.82, 2.24) is 14.9 Å². The summed E-state index contributed by atoms with van der Waals surface area (Å²) in [6, 6.07) is 10.3. The molecule has 2 aromatic rings. The summed E-state index contributed by atoms with van der Waals surface area (Å²) in [6.07, 6.45) is 6.03. The number of ether oxygens (including phenoxy) is 1. The predicted octanol–water partition coefficient (Wildman–Crippen LogP) is 2.27. The highest BCUT2D eigenvalue weighted by Crippen LogP contribution is 2.41. The molecule has 0 radical (unpaired) electrons. The van der Waals surface area contributed by atoms with E-state index < -0.39 is 5.60 Å². The Kier molecular flexibility index (Phi) is 4.40. The van der Waals surface area contributed by atoms with Gasteiger partial charge in [-0.05, 0) is 37.7 Å². The first-order valence-electron chi connectivity index (χ1n) is 10.2. The summed E-state index contributed by atoms with van der Waals surface area (Å²) >= 11 is 0. The highest BCUT2D eigenvalue weighted by molar-refractivity contribution is 5.80. The Morgan fingerprint density at radius 2 is 1.93 bits per heavy atom. The number of fused-ring (bicyclic) bond motifs is 2. The molecule has 2 aliphatic heterocycles. The van der Waals surface area contributed by atoms with Gasteiger partial charge < -0.3 is 15.4 Å². The molecular formula is C22H26N4O2. The minimum atomic E-state index is -0.396. The quantitative estimate of drug-likeness (QED) is 0.867. The summed E-state index contributed by atoms with van der Waals surface area (Å²) in [6.45, 7) is 2.12. The molecule has 1 saturated carbocycles. The van der Waals surface area contributed by atoms with Crippen LogP contribution < -0.4 is 5.73 Å². The molecule has 5 rings (SSSR count). The second kappa shape index (κ2) is 6.94. The lowest BCUT2D eigenvalue weighted by Gasteiger charge is -2.45. The van der Waals surface area contributed by atoms with Crippen molar-refractivity contribution in [3.05, 3.63) is 47.8 Å². The van der Waals surface area contributed by atoms with E-state index in [1.54, 1.807) is 0 Å². The molecule has 146 valence electrons. The number of rotatable bonds is 2. The molecule has 0 atom stereocenters. The minimum absolute atomic E-state index is 0.121. The van der Waals surface area contributed by atoms with Crippen LogP contribution in [0.25, 0.3) is 11.4 Å². The Morgan fingerprint density at radius 1 is 1.18 bits per heavy atom. The lowest BCUT2D eigenvalue weighted by Crippen LogP contribution is -2.53. The van der Waals surface area contributed by atoms with Gasteiger partial charge in [0.05, 0.1) is 12.3 Å². The molecule has 2 N–H and O–H groups in total. The number of nitrogens with zero attached hydrogens (tertiary/aromatic N) is 3. The second-order valence-electron chi connectivity index (χ2n) is 8.28. The van der Waals surface area contributed by atoms with E-state index in [0.29, 0.717) is 19.7 Å². The van der Waals surface area contributed by atoms with Crippen molar-refractivity contribution in [3.63, 3.8) is 0 Å². The van der Waals surface area contributed by atoms with Gasteiger partial charge in [0, 0.05) is 36.8 Å². The molecular weight excluding hydrogens is 352 g/mol. The van der Waals surface area contributed by atoms with Crippen molar-refractivity contribution in [2.75, 3.05) is 19.7 Å². The standard InChI is InChI=1S/C22H26N4O2/c23-18-12-17(13-18)21(27)26-9-7-22(8-10-26)19-16(6-11-28-22)14-24-20(25-19)15-4-2-1-3-5-15/h1-5,14,17-18H,6-13,23H2. The Labute approximate surface area is 165 Å². The smallest absolute Gasteiger partial charge is 0.225 e. The number of carbonyl (C=O) groups is 1. The van der Waals surface area contributed by atoms with Crippen LogP contribution in [0, 0.1) is 5.92 Å². The first-order chi connectivity index (χ1) is 13.6. The maximum absolute atomic E-state index is 12.7. The first kappa shape index (κ1) is 17.8. The van der Waals surface area contributed by atoms with Crippen LogP contribution in [0.5, 0.6) is 0 Å². The largest absolute Gasteiger partial charge is 0.368 e. The summed E-state index contributed by atoms with van der Waals surface area (Å²) in [4.78, 5) is 24.2. The molecule has 1 aromatic carbocycles. The maximum Gasteiger partial charge on any atom is 0.225 e. The van der Waals surface area contributed by atoms with Crippen LogP contribution >= 0.6 is 0 Å². The van der Waals surface area contributed by atoms with Gasteiger partial charge in [-0.25, -0.2) is 9.97 Å². The zero-order chi connectivity index (χ0) is 19.1. The number of piperidine rings is 1. The van der Waals surface area contributed by atoms with Gasteiger partial charge in [-0.1, -0.05) is 30.3 Å². The van der Waals surface area contributed by atoms with Crippen molar-refractivity contribution in [2.45, 2.75) is 43.7 Å². The lowest BCUT2D eigenvalue weighted by atomic mass is 9.78. The van der Waals surface area contributed by atoms with E-state index in [-0.39, 0.29) is 17.9 Å². The van der Waals surface area contributed by atoms with E-state index in [1.165, 1.54) is 5.56 Å². The molecule has 28 heavy (non-hydrogen) atoms. The number of likely N-dealkylation sites (tertiary alicyclic amines) is 1. The van der Waals surface area contributed by atoms with Gasteiger partial charge in [0.1, 0.15) is 5.60 Å². The van der Waals surface area contributed by atoms with Gasteiger partial charge in [-0.15, -0.1) is 0 Å². The molecule has 2 fully saturated rings. The monoisotopic (exact) mass is 378 g/mol. The number of aromatic nitrogens is 2. The van der Waals surface area contributed by atoms with Gasteiger partial charge in [0.25, 0.3) is 0 Å². The van der Waals surface area contributed by atoms with Crippen molar-refractivity contribution in [3.8, 4) is 11.4 Å². The number of amides is 1. The first-order valence-corrected chi connectivity index (χ1v) is 10.2.